The Kier molecular flexibility index (Phi) is 4.93. The average Bonchev–Trinajstić information content (AvgIpc) is 3.00. The Labute approximate surface area is 156 Å². The molecule has 0 bridgehead atoms. The number of carbonyl (C=O) groups is 1. The van der Waals surface area contributed by atoms with Gasteiger partial charge in [-0.2, -0.15) is 18.3 Å². The van der Waals surface area contributed by atoms with E-state index in [0.717, 1.165) is 10.9 Å². The predicted molar refractivity (Wildman–Crippen MR) is 93.0 cm³/mol. The van der Waals surface area contributed by atoms with Crippen molar-refractivity contribution in [1.29, 1.82) is 0 Å². The normalized spacial score (nSPS) is 11.5. The molecule has 1 aromatic heterocycles. The quantitative estimate of drug-likeness (QED) is 0.621. The highest BCUT2D eigenvalue weighted by Crippen LogP contribution is 2.34. The first-order valence-corrected chi connectivity index (χ1v) is 8.01. The molecule has 3 aromatic rings. The zero-order chi connectivity index (χ0) is 19.8. The zero-order valence-corrected chi connectivity index (χ0v) is 14.6. The summed E-state index contributed by atoms with van der Waals surface area (Å²) in [6, 6.07) is 10.1. The number of benzene rings is 2. The number of amides is 1. The molecular weight excluding hydrogens is 386 g/mol. The number of carbonyl (C=O) groups excluding carboxylic acids is 1. The van der Waals surface area contributed by atoms with E-state index in [4.69, 9.17) is 11.6 Å². The molecule has 0 spiro atoms. The smallest absolute Gasteiger partial charge is 0.321 e. The number of rotatable bonds is 3. The maximum atomic E-state index is 14.2. The molecule has 27 heavy (non-hydrogen) atoms. The summed E-state index contributed by atoms with van der Waals surface area (Å²) in [6.07, 6.45) is -3.81. The minimum atomic E-state index is -4.79. The number of aromatic nitrogens is 2. The number of alkyl halides is 3. The lowest BCUT2D eigenvalue weighted by Crippen LogP contribution is -2.18. The minimum Gasteiger partial charge on any atom is -0.321 e. The molecule has 140 valence electrons. The Morgan fingerprint density at radius 1 is 1.15 bits per heavy atom. The van der Waals surface area contributed by atoms with E-state index in [0.29, 0.717) is 0 Å². The van der Waals surface area contributed by atoms with E-state index in [9.17, 15) is 22.4 Å². The van der Waals surface area contributed by atoms with Crippen LogP contribution in [0.2, 0.25) is 5.02 Å². The number of hydrogen-bond acceptors (Lipinski definition) is 2. The van der Waals surface area contributed by atoms with Crippen molar-refractivity contribution in [2.24, 2.45) is 7.05 Å². The lowest BCUT2D eigenvalue weighted by molar-refractivity contribution is -0.141. The fourth-order valence-electron chi connectivity index (χ4n) is 2.58. The van der Waals surface area contributed by atoms with Crippen molar-refractivity contribution >= 4 is 23.2 Å². The first-order chi connectivity index (χ1) is 12.7. The molecule has 0 saturated carbocycles. The molecule has 1 N–H and O–H groups in total. The van der Waals surface area contributed by atoms with Gasteiger partial charge >= 0.3 is 6.18 Å². The standard InChI is InChI=1S/C18H12ClF4N3O/c1-26-9-13(16(25-26)18(21,22)23)17(27)24-15-5-3-2-4-11(15)12-8-10(19)6-7-14(12)20/h2-9H,1H3,(H,24,27). The fourth-order valence-corrected chi connectivity index (χ4v) is 2.76. The van der Waals surface area contributed by atoms with E-state index in [1.54, 1.807) is 12.1 Å². The number of nitrogens with one attached hydrogen (secondary N) is 1. The molecule has 0 aliphatic carbocycles. The Morgan fingerprint density at radius 2 is 1.85 bits per heavy atom. The van der Waals surface area contributed by atoms with E-state index in [2.05, 4.69) is 10.4 Å². The topological polar surface area (TPSA) is 46.9 Å². The maximum absolute atomic E-state index is 14.2. The van der Waals surface area contributed by atoms with Gasteiger partial charge in [-0.15, -0.1) is 0 Å². The minimum absolute atomic E-state index is 0.112. The van der Waals surface area contributed by atoms with Crippen molar-refractivity contribution in [2.45, 2.75) is 6.18 Å². The van der Waals surface area contributed by atoms with Crippen molar-refractivity contribution in [3.63, 3.8) is 0 Å². The van der Waals surface area contributed by atoms with Crippen molar-refractivity contribution in [3.05, 3.63) is 70.8 Å². The molecule has 0 unspecified atom stereocenters. The van der Waals surface area contributed by atoms with Crippen LogP contribution in [0.25, 0.3) is 11.1 Å². The summed E-state index contributed by atoms with van der Waals surface area (Å²) in [4.78, 5) is 12.4. The molecule has 4 nitrogen and oxygen atoms in total. The summed E-state index contributed by atoms with van der Waals surface area (Å²) in [7, 11) is 1.28. The molecule has 1 amide bonds. The van der Waals surface area contributed by atoms with Crippen molar-refractivity contribution in [2.75, 3.05) is 5.32 Å². The van der Waals surface area contributed by atoms with Crippen LogP contribution in [0.5, 0.6) is 0 Å². The molecule has 0 fully saturated rings. The van der Waals surface area contributed by atoms with Crippen LogP contribution in [-0.4, -0.2) is 15.7 Å². The van der Waals surface area contributed by atoms with Crippen LogP contribution in [0.3, 0.4) is 0 Å². The maximum Gasteiger partial charge on any atom is 0.435 e. The van der Waals surface area contributed by atoms with Gasteiger partial charge < -0.3 is 5.32 Å². The number of halogens is 5. The first kappa shape index (κ1) is 18.9. The van der Waals surface area contributed by atoms with E-state index in [1.807, 2.05) is 0 Å². The fraction of sp³-hybridized carbons (Fsp3) is 0.111. The second kappa shape index (κ2) is 7.03. The van der Waals surface area contributed by atoms with E-state index < -0.39 is 29.2 Å². The molecule has 2 aromatic carbocycles. The van der Waals surface area contributed by atoms with Gasteiger partial charge in [-0.25, -0.2) is 4.39 Å². The molecule has 0 saturated heterocycles. The molecule has 0 aliphatic heterocycles. The van der Waals surface area contributed by atoms with E-state index in [1.165, 1.54) is 37.4 Å². The highest BCUT2D eigenvalue weighted by molar-refractivity contribution is 6.30. The number of para-hydroxylation sites is 1. The number of nitrogens with zero attached hydrogens (tertiary/aromatic N) is 2. The van der Waals surface area contributed by atoms with Crippen LogP contribution in [0, 0.1) is 5.82 Å². The van der Waals surface area contributed by atoms with Crippen LogP contribution in [-0.2, 0) is 13.2 Å². The number of hydrogen-bond donors (Lipinski definition) is 1. The van der Waals surface area contributed by atoms with E-state index in [-0.39, 0.29) is 21.8 Å². The lowest BCUT2D eigenvalue weighted by atomic mass is 10.0. The molecule has 0 aliphatic rings. The molecule has 9 heteroatoms. The summed E-state index contributed by atoms with van der Waals surface area (Å²) in [5.74, 6) is -1.59. The Bertz CT molecular complexity index is 1010. The molecular formula is C18H12ClF4N3O. The summed E-state index contributed by atoms with van der Waals surface area (Å²) in [5.41, 5.74) is -1.40. The van der Waals surface area contributed by atoms with Gasteiger partial charge in [0.25, 0.3) is 5.91 Å². The first-order valence-electron chi connectivity index (χ1n) is 7.63. The summed E-state index contributed by atoms with van der Waals surface area (Å²) < 4.78 is 54.3. The Morgan fingerprint density at radius 3 is 2.56 bits per heavy atom. The summed E-state index contributed by atoms with van der Waals surface area (Å²) in [5, 5.41) is 5.98. The third-order valence-corrected chi connectivity index (χ3v) is 3.97. The van der Waals surface area contributed by atoms with Gasteiger partial charge in [0.2, 0.25) is 0 Å². The zero-order valence-electron chi connectivity index (χ0n) is 13.8. The largest absolute Gasteiger partial charge is 0.435 e. The second-order valence-corrected chi connectivity index (χ2v) is 6.12. The number of anilines is 1. The van der Waals surface area contributed by atoms with Gasteiger partial charge in [-0.05, 0) is 24.3 Å². The third kappa shape index (κ3) is 3.95. The molecule has 3 rings (SSSR count). The molecule has 0 atom stereocenters. The van der Waals surface area contributed by atoms with Crippen molar-refractivity contribution in [1.82, 2.24) is 9.78 Å². The predicted octanol–water partition coefficient (Wildman–Crippen LogP) is 5.15. The van der Waals surface area contributed by atoms with Gasteiger partial charge in [0, 0.05) is 35.1 Å². The Balaban J connectivity index is 2.01. The third-order valence-electron chi connectivity index (χ3n) is 3.74. The van der Waals surface area contributed by atoms with E-state index >= 15 is 0 Å². The van der Waals surface area contributed by atoms with Gasteiger partial charge in [0.1, 0.15) is 5.82 Å². The van der Waals surface area contributed by atoms with Crippen molar-refractivity contribution in [3.8, 4) is 11.1 Å². The second-order valence-electron chi connectivity index (χ2n) is 5.69. The SMILES string of the molecule is Cn1cc(C(=O)Nc2ccccc2-c2cc(Cl)ccc2F)c(C(F)(F)F)n1. The van der Waals surface area contributed by atoms with Gasteiger partial charge in [0.15, 0.2) is 5.69 Å². The molecule has 0 radical (unpaired) electrons. The lowest BCUT2D eigenvalue weighted by Gasteiger charge is -2.13. The van der Waals surface area contributed by atoms with Crippen molar-refractivity contribution < 1.29 is 22.4 Å². The van der Waals surface area contributed by atoms with Crippen LogP contribution >= 0.6 is 11.6 Å². The Hall–Kier alpha value is -2.87. The summed E-state index contributed by atoms with van der Waals surface area (Å²) >= 11 is 5.90. The number of aryl methyl sites for hydroxylation is 1. The average molecular weight is 398 g/mol. The monoisotopic (exact) mass is 397 g/mol. The van der Waals surface area contributed by atoms with Gasteiger partial charge in [-0.3, -0.25) is 9.48 Å². The van der Waals surface area contributed by atoms with Crippen LogP contribution in [0.15, 0.2) is 48.7 Å². The van der Waals surface area contributed by atoms with Gasteiger partial charge in [-0.1, -0.05) is 29.8 Å². The highest BCUT2D eigenvalue weighted by atomic mass is 35.5. The van der Waals surface area contributed by atoms with Gasteiger partial charge in [0.05, 0.1) is 5.56 Å². The van der Waals surface area contributed by atoms with Crippen LogP contribution < -0.4 is 5.32 Å². The van der Waals surface area contributed by atoms with Crippen LogP contribution in [0.1, 0.15) is 16.1 Å². The highest BCUT2D eigenvalue weighted by Gasteiger charge is 2.39. The summed E-state index contributed by atoms with van der Waals surface area (Å²) in [6.45, 7) is 0. The van der Waals surface area contributed by atoms with Crippen LogP contribution in [0.4, 0.5) is 23.2 Å². The molecule has 1 heterocycles.